The summed E-state index contributed by atoms with van der Waals surface area (Å²) in [6.07, 6.45) is 3.14. The van der Waals surface area contributed by atoms with E-state index < -0.39 is 11.7 Å². The molecule has 32 heavy (non-hydrogen) atoms. The Morgan fingerprint density at radius 3 is 2.44 bits per heavy atom. The maximum absolute atomic E-state index is 13.0. The van der Waals surface area contributed by atoms with Crippen LogP contribution in [0.4, 0.5) is 18.9 Å². The van der Waals surface area contributed by atoms with Crippen LogP contribution in [0.25, 0.3) is 0 Å². The summed E-state index contributed by atoms with van der Waals surface area (Å²) in [5.74, 6) is 1.53. The fourth-order valence-corrected chi connectivity index (χ4v) is 4.95. The predicted molar refractivity (Wildman–Crippen MR) is 124 cm³/mol. The summed E-state index contributed by atoms with van der Waals surface area (Å²) in [5, 5.41) is 3.35. The summed E-state index contributed by atoms with van der Waals surface area (Å²) in [6.45, 7) is 10.2. The highest BCUT2D eigenvalue weighted by atomic mass is 19.4. The average molecular weight is 454 g/mol. The van der Waals surface area contributed by atoms with Gasteiger partial charge in [-0.15, -0.1) is 0 Å². The van der Waals surface area contributed by atoms with Crippen molar-refractivity contribution in [1.29, 1.82) is 0 Å². The maximum atomic E-state index is 13.0. The number of piperazine rings is 1. The molecule has 4 nitrogen and oxygen atoms in total. The number of rotatable bonds is 10. The number of nitrogens with one attached hydrogen (secondary N) is 1. The number of anilines is 1. The number of hydrogen-bond donors (Lipinski definition) is 1. The lowest BCUT2D eigenvalue weighted by Gasteiger charge is -2.37. The standard InChI is InChI=1S/C25H38F3N3O/c1-20(29-11-17-32-2)18-22-8-6-21(7-9-22)10-12-30-13-15-31(16-14-30)24-5-3-4-23(19-24)25(26,27)28/h3-5,19,21-22,29H,1,6-18H2,2H3. The third kappa shape index (κ3) is 7.69. The number of methoxy groups -OCH3 is 1. The van der Waals surface area contributed by atoms with Gasteiger partial charge in [0.1, 0.15) is 0 Å². The highest BCUT2D eigenvalue weighted by molar-refractivity contribution is 5.49. The lowest BCUT2D eigenvalue weighted by Crippen LogP contribution is -2.47. The molecule has 1 aromatic carbocycles. The molecule has 0 unspecified atom stereocenters. The first-order chi connectivity index (χ1) is 15.3. The molecule has 0 amide bonds. The lowest BCUT2D eigenvalue weighted by molar-refractivity contribution is -0.137. The van der Waals surface area contributed by atoms with Crippen LogP contribution in [0.15, 0.2) is 36.5 Å². The zero-order valence-corrected chi connectivity index (χ0v) is 19.3. The van der Waals surface area contributed by atoms with Crippen LogP contribution in [-0.4, -0.2) is 57.9 Å². The van der Waals surface area contributed by atoms with E-state index in [1.165, 1.54) is 44.2 Å². The normalized spacial score (nSPS) is 22.7. The fourth-order valence-electron chi connectivity index (χ4n) is 4.95. The van der Waals surface area contributed by atoms with Crippen LogP contribution in [0.2, 0.25) is 0 Å². The van der Waals surface area contributed by atoms with Gasteiger partial charge in [0, 0.05) is 51.2 Å². The van der Waals surface area contributed by atoms with E-state index in [0.29, 0.717) is 12.3 Å². The molecule has 0 aromatic heterocycles. The Labute approximate surface area is 190 Å². The van der Waals surface area contributed by atoms with Crippen molar-refractivity contribution in [3.63, 3.8) is 0 Å². The summed E-state index contributed by atoms with van der Waals surface area (Å²) in [6, 6.07) is 5.70. The number of halogens is 3. The van der Waals surface area contributed by atoms with Crippen LogP contribution >= 0.6 is 0 Å². The van der Waals surface area contributed by atoms with Gasteiger partial charge < -0.3 is 15.0 Å². The van der Waals surface area contributed by atoms with E-state index in [9.17, 15) is 13.2 Å². The quantitative estimate of drug-likeness (QED) is 0.495. The number of nitrogens with zero attached hydrogens (tertiary/aromatic N) is 2. The van der Waals surface area contributed by atoms with Gasteiger partial charge in [0.25, 0.3) is 0 Å². The molecule has 3 rings (SSSR count). The minimum Gasteiger partial charge on any atom is -0.386 e. The van der Waals surface area contributed by atoms with Gasteiger partial charge in [-0.25, -0.2) is 0 Å². The van der Waals surface area contributed by atoms with Gasteiger partial charge >= 0.3 is 6.18 Å². The molecule has 7 heteroatoms. The Hall–Kier alpha value is -1.73. The first-order valence-corrected chi connectivity index (χ1v) is 11.9. The number of alkyl halides is 3. The van der Waals surface area contributed by atoms with Gasteiger partial charge in [0.15, 0.2) is 0 Å². The van der Waals surface area contributed by atoms with Crippen molar-refractivity contribution in [2.24, 2.45) is 11.8 Å². The summed E-state index contributed by atoms with van der Waals surface area (Å²) in [4.78, 5) is 4.54. The highest BCUT2D eigenvalue weighted by Gasteiger charge is 2.31. The lowest BCUT2D eigenvalue weighted by atomic mass is 9.78. The van der Waals surface area contributed by atoms with Crippen molar-refractivity contribution < 1.29 is 17.9 Å². The molecule has 1 N–H and O–H groups in total. The maximum Gasteiger partial charge on any atom is 0.416 e. The molecule has 1 saturated carbocycles. The van der Waals surface area contributed by atoms with Crippen molar-refractivity contribution in [3.8, 4) is 0 Å². The van der Waals surface area contributed by atoms with Crippen molar-refractivity contribution in [3.05, 3.63) is 42.1 Å². The van der Waals surface area contributed by atoms with Crippen LogP contribution in [0.5, 0.6) is 0 Å². The van der Waals surface area contributed by atoms with Gasteiger partial charge in [-0.05, 0) is 62.3 Å². The van der Waals surface area contributed by atoms with E-state index >= 15 is 0 Å². The van der Waals surface area contributed by atoms with Crippen molar-refractivity contribution >= 4 is 5.69 Å². The first kappa shape index (κ1) is 24.9. The summed E-state index contributed by atoms with van der Waals surface area (Å²) in [7, 11) is 1.71. The molecule has 0 bridgehead atoms. The van der Waals surface area contributed by atoms with Crippen LogP contribution < -0.4 is 10.2 Å². The number of allylic oxidation sites excluding steroid dienone is 1. The average Bonchev–Trinajstić information content (AvgIpc) is 2.79. The molecule has 1 aliphatic heterocycles. The fraction of sp³-hybridized carbons (Fsp3) is 0.680. The second-order valence-corrected chi connectivity index (χ2v) is 9.28. The van der Waals surface area contributed by atoms with E-state index in [4.69, 9.17) is 4.74 Å². The van der Waals surface area contributed by atoms with Crippen LogP contribution in [0.3, 0.4) is 0 Å². The Morgan fingerprint density at radius 2 is 1.78 bits per heavy atom. The molecule has 1 aromatic rings. The largest absolute Gasteiger partial charge is 0.416 e. The van der Waals surface area contributed by atoms with Gasteiger partial charge in [-0.2, -0.15) is 13.2 Å². The van der Waals surface area contributed by atoms with Crippen molar-refractivity contribution in [2.75, 3.05) is 57.9 Å². The second kappa shape index (κ2) is 11.9. The van der Waals surface area contributed by atoms with Crippen LogP contribution in [0.1, 0.15) is 44.1 Å². The number of ether oxygens (including phenoxy) is 1. The molecule has 0 radical (unpaired) electrons. The summed E-state index contributed by atoms with van der Waals surface area (Å²) >= 11 is 0. The topological polar surface area (TPSA) is 27.7 Å². The van der Waals surface area contributed by atoms with Crippen LogP contribution in [0, 0.1) is 11.8 Å². The SMILES string of the molecule is C=C(CC1CCC(CCN2CCN(c3cccc(C(F)(F)F)c3)CC2)CC1)NCCOC. The third-order valence-electron chi connectivity index (χ3n) is 6.95. The molecule has 1 saturated heterocycles. The van der Waals surface area contributed by atoms with E-state index in [-0.39, 0.29) is 0 Å². The number of benzene rings is 1. The van der Waals surface area contributed by atoms with Gasteiger partial charge in [0.2, 0.25) is 0 Å². The van der Waals surface area contributed by atoms with Crippen LogP contribution in [-0.2, 0) is 10.9 Å². The summed E-state index contributed by atoms with van der Waals surface area (Å²) < 4.78 is 44.0. The first-order valence-electron chi connectivity index (χ1n) is 11.9. The van der Waals surface area contributed by atoms with Gasteiger partial charge in [0.05, 0.1) is 12.2 Å². The minimum absolute atomic E-state index is 0.567. The molecular formula is C25H38F3N3O. The third-order valence-corrected chi connectivity index (χ3v) is 6.95. The Balaban J connectivity index is 1.33. The van der Waals surface area contributed by atoms with E-state index in [1.807, 2.05) is 0 Å². The Bertz CT molecular complexity index is 709. The Kier molecular flexibility index (Phi) is 9.29. The monoisotopic (exact) mass is 453 g/mol. The molecular weight excluding hydrogens is 415 g/mol. The number of hydrogen-bond acceptors (Lipinski definition) is 4. The summed E-state index contributed by atoms with van der Waals surface area (Å²) in [5.41, 5.74) is 1.24. The molecule has 0 atom stereocenters. The molecule has 1 aliphatic carbocycles. The highest BCUT2D eigenvalue weighted by Crippen LogP contribution is 2.34. The second-order valence-electron chi connectivity index (χ2n) is 9.28. The molecule has 0 spiro atoms. The zero-order chi connectivity index (χ0) is 23.0. The van der Waals surface area contributed by atoms with Gasteiger partial charge in [-0.1, -0.05) is 25.5 Å². The molecule has 2 aliphatic rings. The zero-order valence-electron chi connectivity index (χ0n) is 19.3. The van der Waals surface area contributed by atoms with Crippen molar-refractivity contribution in [2.45, 2.75) is 44.7 Å². The molecule has 2 fully saturated rings. The molecule has 1 heterocycles. The Morgan fingerprint density at radius 1 is 1.09 bits per heavy atom. The smallest absolute Gasteiger partial charge is 0.386 e. The van der Waals surface area contributed by atoms with Gasteiger partial charge in [-0.3, -0.25) is 4.90 Å². The van der Waals surface area contributed by atoms with E-state index in [2.05, 4.69) is 21.7 Å². The molecule has 180 valence electrons. The minimum atomic E-state index is -4.29. The van der Waals surface area contributed by atoms with E-state index in [1.54, 1.807) is 13.2 Å². The predicted octanol–water partition coefficient (Wildman–Crippen LogP) is 5.16. The van der Waals surface area contributed by atoms with E-state index in [0.717, 1.165) is 69.3 Å². The van der Waals surface area contributed by atoms with Crippen molar-refractivity contribution in [1.82, 2.24) is 10.2 Å².